The molecule has 2 fully saturated rings. The fraction of sp³-hybridized carbons (Fsp3) is 0.600. The molecule has 3 rings (SSSR count). The summed E-state index contributed by atoms with van der Waals surface area (Å²) < 4.78 is 12.3. The van der Waals surface area contributed by atoms with Crippen molar-refractivity contribution in [2.45, 2.75) is 50.2 Å². The topological polar surface area (TPSA) is 21.7 Å². The minimum Gasteiger partial charge on any atom is -0.482 e. The molecule has 1 heterocycles. The van der Waals surface area contributed by atoms with Gasteiger partial charge in [-0.1, -0.05) is 37.4 Å². The third-order valence-corrected chi connectivity index (χ3v) is 5.41. The van der Waals surface area contributed by atoms with Gasteiger partial charge in [-0.15, -0.1) is 0 Å². The first-order valence-corrected chi connectivity index (χ1v) is 9.49. The number of likely N-dealkylation sites (tertiary alicyclic amines) is 1. The van der Waals surface area contributed by atoms with Gasteiger partial charge in [-0.2, -0.15) is 0 Å². The van der Waals surface area contributed by atoms with Crippen LogP contribution < -0.4 is 4.74 Å². The van der Waals surface area contributed by atoms with Gasteiger partial charge >= 0.3 is 0 Å². The Morgan fingerprint density at radius 3 is 2.67 bits per heavy atom. The molecule has 1 saturated heterocycles. The second-order valence-corrected chi connectivity index (χ2v) is 7.42. The standard InChI is InChI=1S/C20H28ClNO2/c1-2-20(24-19-10-8-17(21)9-11-19)12-13-22(16-20)14-15-23-18-6-4-3-5-7-18/h2,8-11,18H,1,3-7,12-16H2. The van der Waals surface area contributed by atoms with Crippen molar-refractivity contribution in [3.05, 3.63) is 41.9 Å². The monoisotopic (exact) mass is 349 g/mol. The fourth-order valence-corrected chi connectivity index (χ4v) is 3.81. The van der Waals surface area contributed by atoms with Crippen LogP contribution in [-0.4, -0.2) is 42.8 Å². The summed E-state index contributed by atoms with van der Waals surface area (Å²) in [5.41, 5.74) is -0.307. The third-order valence-electron chi connectivity index (χ3n) is 5.16. The Labute approximate surface area is 150 Å². The molecule has 1 unspecified atom stereocenters. The van der Waals surface area contributed by atoms with E-state index in [1.807, 2.05) is 30.3 Å². The van der Waals surface area contributed by atoms with Gasteiger partial charge in [0.05, 0.1) is 12.7 Å². The van der Waals surface area contributed by atoms with Crippen LogP contribution in [0.3, 0.4) is 0 Å². The summed E-state index contributed by atoms with van der Waals surface area (Å²) in [6.45, 7) is 7.68. The molecular formula is C20H28ClNO2. The Bertz CT molecular complexity index is 527. The summed E-state index contributed by atoms with van der Waals surface area (Å²) in [6.07, 6.45) is 9.87. The second-order valence-electron chi connectivity index (χ2n) is 6.98. The van der Waals surface area contributed by atoms with E-state index in [4.69, 9.17) is 21.1 Å². The first-order chi connectivity index (χ1) is 11.7. The second kappa shape index (κ2) is 8.37. The van der Waals surface area contributed by atoms with Crippen molar-refractivity contribution in [3.63, 3.8) is 0 Å². The van der Waals surface area contributed by atoms with E-state index in [-0.39, 0.29) is 5.60 Å². The van der Waals surface area contributed by atoms with Crippen LogP contribution in [0.2, 0.25) is 5.02 Å². The zero-order valence-corrected chi connectivity index (χ0v) is 15.1. The maximum Gasteiger partial charge on any atom is 0.141 e. The number of rotatable bonds is 7. The smallest absolute Gasteiger partial charge is 0.141 e. The molecule has 1 aromatic rings. The van der Waals surface area contributed by atoms with Gasteiger partial charge in [0, 0.05) is 31.1 Å². The van der Waals surface area contributed by atoms with Gasteiger partial charge in [0.1, 0.15) is 11.4 Å². The Kier molecular flexibility index (Phi) is 6.20. The highest BCUT2D eigenvalue weighted by Gasteiger charge is 2.37. The molecule has 0 aromatic heterocycles. The Morgan fingerprint density at radius 2 is 1.96 bits per heavy atom. The van der Waals surface area contributed by atoms with E-state index in [9.17, 15) is 0 Å². The Hall–Kier alpha value is -1.03. The van der Waals surface area contributed by atoms with Gasteiger partial charge in [-0.25, -0.2) is 0 Å². The average molecular weight is 350 g/mol. The molecule has 0 N–H and O–H groups in total. The van der Waals surface area contributed by atoms with E-state index in [0.717, 1.165) is 43.4 Å². The first kappa shape index (κ1) is 17.8. The van der Waals surface area contributed by atoms with Crippen LogP contribution >= 0.6 is 11.6 Å². The van der Waals surface area contributed by atoms with Crippen LogP contribution in [0.1, 0.15) is 38.5 Å². The number of hydrogen-bond donors (Lipinski definition) is 0. The first-order valence-electron chi connectivity index (χ1n) is 9.11. The normalized spacial score (nSPS) is 25.7. The van der Waals surface area contributed by atoms with Gasteiger partial charge < -0.3 is 9.47 Å². The predicted molar refractivity (Wildman–Crippen MR) is 98.9 cm³/mol. The van der Waals surface area contributed by atoms with Crippen molar-refractivity contribution in [2.75, 3.05) is 26.2 Å². The highest BCUT2D eigenvalue weighted by molar-refractivity contribution is 6.30. The SMILES string of the molecule is C=CC1(Oc2ccc(Cl)cc2)CCN(CCOC2CCCCC2)C1. The van der Waals surface area contributed by atoms with E-state index >= 15 is 0 Å². The van der Waals surface area contributed by atoms with E-state index in [0.29, 0.717) is 6.10 Å². The summed E-state index contributed by atoms with van der Waals surface area (Å²) in [6, 6.07) is 7.56. The highest BCUT2D eigenvalue weighted by Crippen LogP contribution is 2.30. The number of ether oxygens (including phenoxy) is 2. The maximum atomic E-state index is 6.23. The van der Waals surface area contributed by atoms with Crippen molar-refractivity contribution in [1.29, 1.82) is 0 Å². The van der Waals surface area contributed by atoms with Gasteiger partial charge in [-0.3, -0.25) is 4.90 Å². The molecule has 2 aliphatic rings. The number of benzene rings is 1. The Morgan fingerprint density at radius 1 is 1.21 bits per heavy atom. The lowest BCUT2D eigenvalue weighted by Gasteiger charge is -2.28. The lowest BCUT2D eigenvalue weighted by Crippen LogP contribution is -2.38. The molecule has 0 spiro atoms. The van der Waals surface area contributed by atoms with Crippen LogP contribution in [0.5, 0.6) is 5.75 Å². The molecule has 132 valence electrons. The molecule has 0 amide bonds. The summed E-state index contributed by atoms with van der Waals surface area (Å²) in [5, 5.41) is 0.725. The van der Waals surface area contributed by atoms with E-state index in [2.05, 4.69) is 11.5 Å². The van der Waals surface area contributed by atoms with Crippen LogP contribution in [0.15, 0.2) is 36.9 Å². The number of nitrogens with zero attached hydrogens (tertiary/aromatic N) is 1. The summed E-state index contributed by atoms with van der Waals surface area (Å²) in [7, 11) is 0. The van der Waals surface area contributed by atoms with Gasteiger partial charge in [0.15, 0.2) is 0 Å². The predicted octanol–water partition coefficient (Wildman–Crippen LogP) is 4.70. The molecule has 3 nitrogen and oxygen atoms in total. The molecule has 1 atom stereocenters. The summed E-state index contributed by atoms with van der Waals surface area (Å²) in [4.78, 5) is 2.42. The lowest BCUT2D eigenvalue weighted by atomic mass is 9.98. The van der Waals surface area contributed by atoms with Gasteiger partial charge in [0.25, 0.3) is 0 Å². The molecule has 4 heteroatoms. The number of halogens is 1. The van der Waals surface area contributed by atoms with Crippen molar-refractivity contribution < 1.29 is 9.47 Å². The molecule has 1 aliphatic heterocycles. The third kappa shape index (κ3) is 4.75. The van der Waals surface area contributed by atoms with E-state index < -0.39 is 0 Å². The molecule has 0 radical (unpaired) electrons. The van der Waals surface area contributed by atoms with Gasteiger partial charge in [-0.05, 0) is 43.2 Å². The van der Waals surface area contributed by atoms with Crippen molar-refractivity contribution in [3.8, 4) is 5.75 Å². The van der Waals surface area contributed by atoms with Crippen LogP contribution in [0.25, 0.3) is 0 Å². The van der Waals surface area contributed by atoms with Crippen molar-refractivity contribution in [2.24, 2.45) is 0 Å². The highest BCUT2D eigenvalue weighted by atomic mass is 35.5. The summed E-state index contributed by atoms with van der Waals surface area (Å²) >= 11 is 5.94. The molecule has 1 aliphatic carbocycles. The number of hydrogen-bond acceptors (Lipinski definition) is 3. The van der Waals surface area contributed by atoms with E-state index in [1.165, 1.54) is 32.1 Å². The van der Waals surface area contributed by atoms with Crippen molar-refractivity contribution in [1.82, 2.24) is 4.90 Å². The van der Waals surface area contributed by atoms with Gasteiger partial charge in [0.2, 0.25) is 0 Å². The van der Waals surface area contributed by atoms with Crippen molar-refractivity contribution >= 4 is 11.6 Å². The largest absolute Gasteiger partial charge is 0.482 e. The van der Waals surface area contributed by atoms with E-state index in [1.54, 1.807) is 0 Å². The maximum absolute atomic E-state index is 6.23. The van der Waals surface area contributed by atoms with Crippen LogP contribution in [-0.2, 0) is 4.74 Å². The minimum absolute atomic E-state index is 0.307. The molecule has 1 saturated carbocycles. The zero-order chi connectivity index (χ0) is 16.8. The lowest BCUT2D eigenvalue weighted by molar-refractivity contribution is 0.0165. The molecule has 1 aromatic carbocycles. The quantitative estimate of drug-likeness (QED) is 0.666. The van der Waals surface area contributed by atoms with Crippen LogP contribution in [0.4, 0.5) is 0 Å². The molecule has 0 bridgehead atoms. The minimum atomic E-state index is -0.307. The molecule has 24 heavy (non-hydrogen) atoms. The Balaban J connectivity index is 1.46. The zero-order valence-electron chi connectivity index (χ0n) is 14.4. The van der Waals surface area contributed by atoms with Crippen LogP contribution in [0, 0.1) is 0 Å². The summed E-state index contributed by atoms with van der Waals surface area (Å²) in [5.74, 6) is 0.847. The average Bonchev–Trinajstić information content (AvgIpc) is 3.02. The molecular weight excluding hydrogens is 322 g/mol. The fourth-order valence-electron chi connectivity index (χ4n) is 3.68.